The maximum Gasteiger partial charge on any atom is 0.254 e. The lowest BCUT2D eigenvalue weighted by Crippen LogP contribution is -2.24. The zero-order valence-corrected chi connectivity index (χ0v) is 11.9. The van der Waals surface area contributed by atoms with Crippen LogP contribution in [-0.4, -0.2) is 22.7 Å². The number of benzene rings is 1. The van der Waals surface area contributed by atoms with Gasteiger partial charge in [-0.25, -0.2) is 0 Å². The van der Waals surface area contributed by atoms with Gasteiger partial charge in [0.05, 0.1) is 5.69 Å². The smallest absolute Gasteiger partial charge is 0.254 e. The topological polar surface area (TPSA) is 90.2 Å². The molecule has 0 bridgehead atoms. The van der Waals surface area contributed by atoms with Gasteiger partial charge >= 0.3 is 0 Å². The molecule has 2 rings (SSSR count). The van der Waals surface area contributed by atoms with Crippen LogP contribution in [0.4, 0.5) is 11.5 Å². The van der Waals surface area contributed by atoms with Crippen LogP contribution in [0.5, 0.6) is 0 Å². The second-order valence-corrected chi connectivity index (χ2v) is 4.83. The quantitative estimate of drug-likeness (QED) is 0.815. The zero-order valence-electron chi connectivity index (χ0n) is 11.9. The molecule has 0 fully saturated rings. The monoisotopic (exact) mass is 273 g/mol. The van der Waals surface area contributed by atoms with Gasteiger partial charge in [0.25, 0.3) is 5.91 Å². The number of carbonyl (C=O) groups is 1. The highest BCUT2D eigenvalue weighted by Gasteiger charge is 2.21. The molecule has 4 N–H and O–H groups in total. The van der Waals surface area contributed by atoms with Crippen molar-refractivity contribution in [3.63, 3.8) is 0 Å². The minimum atomic E-state index is -0.474. The Bertz CT molecular complexity index is 647. The van der Waals surface area contributed by atoms with Crippen molar-refractivity contribution >= 4 is 17.4 Å². The Morgan fingerprint density at radius 3 is 2.65 bits per heavy atom. The number of hydrogen-bond donors (Lipinski definition) is 2. The molecule has 1 aromatic carbocycles. The van der Waals surface area contributed by atoms with Crippen molar-refractivity contribution in [2.45, 2.75) is 13.5 Å². The number of nitrogen functional groups attached to an aromatic ring is 1. The van der Waals surface area contributed by atoms with E-state index in [0.29, 0.717) is 23.6 Å². The van der Waals surface area contributed by atoms with Gasteiger partial charge in [-0.15, -0.1) is 0 Å². The first-order chi connectivity index (χ1) is 9.41. The van der Waals surface area contributed by atoms with Crippen LogP contribution in [0.1, 0.15) is 21.6 Å². The largest absolute Gasteiger partial charge is 0.398 e. The lowest BCUT2D eigenvalue weighted by molar-refractivity contribution is 0.1000. The predicted molar refractivity (Wildman–Crippen MR) is 79.4 cm³/mol. The SMILES string of the molecule is Cc1nn(C)c(N(C)Cc2ccccc2N)c1C(N)=O. The summed E-state index contributed by atoms with van der Waals surface area (Å²) in [5.41, 5.74) is 14.2. The standard InChI is InChI=1S/C14H19N5O/c1-9-12(13(16)20)14(19(3)17-9)18(2)8-10-6-4-5-7-11(10)15/h4-7H,8,15H2,1-3H3,(H2,16,20). The zero-order chi connectivity index (χ0) is 14.9. The Morgan fingerprint density at radius 2 is 2.05 bits per heavy atom. The van der Waals surface area contributed by atoms with Crippen LogP contribution in [-0.2, 0) is 13.6 Å². The van der Waals surface area contributed by atoms with E-state index in [1.807, 2.05) is 36.2 Å². The van der Waals surface area contributed by atoms with E-state index in [2.05, 4.69) is 5.10 Å². The third kappa shape index (κ3) is 2.45. The fraction of sp³-hybridized carbons (Fsp3) is 0.286. The molecule has 1 heterocycles. The van der Waals surface area contributed by atoms with Gasteiger partial charge in [0.15, 0.2) is 0 Å². The summed E-state index contributed by atoms with van der Waals surface area (Å²) >= 11 is 0. The van der Waals surface area contributed by atoms with E-state index >= 15 is 0 Å². The van der Waals surface area contributed by atoms with E-state index < -0.39 is 5.91 Å². The number of aromatic nitrogens is 2. The van der Waals surface area contributed by atoms with Gasteiger partial charge < -0.3 is 16.4 Å². The number of amides is 1. The van der Waals surface area contributed by atoms with Crippen molar-refractivity contribution in [1.82, 2.24) is 9.78 Å². The highest BCUT2D eigenvalue weighted by Crippen LogP contribution is 2.24. The first-order valence-electron chi connectivity index (χ1n) is 6.29. The summed E-state index contributed by atoms with van der Waals surface area (Å²) in [6, 6.07) is 7.64. The van der Waals surface area contributed by atoms with E-state index in [1.54, 1.807) is 18.7 Å². The Balaban J connectivity index is 2.37. The van der Waals surface area contributed by atoms with Crippen LogP contribution in [0.2, 0.25) is 0 Å². The molecule has 1 aromatic heterocycles. The van der Waals surface area contributed by atoms with Gasteiger partial charge in [-0.3, -0.25) is 9.48 Å². The number of nitrogens with two attached hydrogens (primary N) is 2. The molecule has 0 saturated heterocycles. The van der Waals surface area contributed by atoms with Gasteiger partial charge in [0.1, 0.15) is 11.4 Å². The molecule has 2 aromatic rings. The molecule has 6 heteroatoms. The number of rotatable bonds is 4. The fourth-order valence-electron chi connectivity index (χ4n) is 2.38. The predicted octanol–water partition coefficient (Wildman–Crippen LogP) is 1.05. The minimum absolute atomic E-state index is 0.449. The molecule has 6 nitrogen and oxygen atoms in total. The van der Waals surface area contributed by atoms with Crippen LogP contribution in [0.25, 0.3) is 0 Å². The highest BCUT2D eigenvalue weighted by atomic mass is 16.1. The Hall–Kier alpha value is -2.50. The van der Waals surface area contributed by atoms with E-state index in [9.17, 15) is 4.79 Å². The number of nitrogens with zero attached hydrogens (tertiary/aromatic N) is 3. The molecule has 0 atom stereocenters. The Labute approximate surface area is 118 Å². The first-order valence-corrected chi connectivity index (χ1v) is 6.29. The van der Waals surface area contributed by atoms with Crippen LogP contribution in [0.15, 0.2) is 24.3 Å². The van der Waals surface area contributed by atoms with Crippen molar-refractivity contribution in [1.29, 1.82) is 0 Å². The summed E-state index contributed by atoms with van der Waals surface area (Å²) in [5.74, 6) is 0.219. The lowest BCUT2D eigenvalue weighted by Gasteiger charge is -2.21. The summed E-state index contributed by atoms with van der Waals surface area (Å²) in [5, 5.41) is 4.26. The summed E-state index contributed by atoms with van der Waals surface area (Å²) in [6.07, 6.45) is 0. The van der Waals surface area contributed by atoms with Gasteiger partial charge in [-0.2, -0.15) is 5.10 Å². The Kier molecular flexibility index (Phi) is 3.65. The molecule has 106 valence electrons. The first kappa shape index (κ1) is 13.9. The fourth-order valence-corrected chi connectivity index (χ4v) is 2.38. The second kappa shape index (κ2) is 5.24. The molecule has 0 spiro atoms. The number of hydrogen-bond acceptors (Lipinski definition) is 4. The van der Waals surface area contributed by atoms with E-state index in [4.69, 9.17) is 11.5 Å². The van der Waals surface area contributed by atoms with Crippen LogP contribution >= 0.6 is 0 Å². The average Bonchev–Trinajstić information content (AvgIpc) is 2.67. The van der Waals surface area contributed by atoms with Crippen molar-refractivity contribution < 1.29 is 4.79 Å². The van der Waals surface area contributed by atoms with E-state index in [0.717, 1.165) is 11.3 Å². The van der Waals surface area contributed by atoms with Crippen molar-refractivity contribution in [3.8, 4) is 0 Å². The summed E-state index contributed by atoms with van der Waals surface area (Å²) < 4.78 is 1.66. The third-order valence-electron chi connectivity index (χ3n) is 3.26. The Morgan fingerprint density at radius 1 is 1.40 bits per heavy atom. The summed E-state index contributed by atoms with van der Waals surface area (Å²) in [4.78, 5) is 13.5. The average molecular weight is 273 g/mol. The van der Waals surface area contributed by atoms with Crippen molar-refractivity contribution in [2.24, 2.45) is 12.8 Å². The molecule has 0 radical (unpaired) electrons. The maximum atomic E-state index is 11.6. The number of primary amides is 1. The molecule has 0 aliphatic heterocycles. The van der Waals surface area contributed by atoms with E-state index in [1.165, 1.54) is 0 Å². The van der Waals surface area contributed by atoms with E-state index in [-0.39, 0.29) is 0 Å². The molecule has 1 amide bonds. The van der Waals surface area contributed by atoms with Gasteiger partial charge in [-0.1, -0.05) is 18.2 Å². The lowest BCUT2D eigenvalue weighted by atomic mass is 10.1. The minimum Gasteiger partial charge on any atom is -0.398 e. The maximum absolute atomic E-state index is 11.6. The van der Waals surface area contributed by atoms with Gasteiger partial charge in [0, 0.05) is 26.3 Å². The molecule has 0 aliphatic rings. The number of para-hydroxylation sites is 1. The second-order valence-electron chi connectivity index (χ2n) is 4.83. The van der Waals surface area contributed by atoms with Gasteiger partial charge in [0.2, 0.25) is 0 Å². The molecule has 0 saturated carbocycles. The van der Waals surface area contributed by atoms with Gasteiger partial charge in [-0.05, 0) is 18.6 Å². The van der Waals surface area contributed by atoms with Crippen molar-refractivity contribution in [3.05, 3.63) is 41.1 Å². The van der Waals surface area contributed by atoms with Crippen molar-refractivity contribution in [2.75, 3.05) is 17.7 Å². The number of carbonyl (C=O) groups excluding carboxylic acids is 1. The molecule has 0 unspecified atom stereocenters. The molecule has 20 heavy (non-hydrogen) atoms. The third-order valence-corrected chi connectivity index (χ3v) is 3.26. The van der Waals surface area contributed by atoms with Crippen LogP contribution in [0, 0.1) is 6.92 Å². The normalized spacial score (nSPS) is 10.6. The number of anilines is 2. The number of aryl methyl sites for hydroxylation is 2. The summed E-state index contributed by atoms with van der Waals surface area (Å²) in [6.45, 7) is 2.35. The highest BCUT2D eigenvalue weighted by molar-refractivity contribution is 5.99. The van der Waals surface area contributed by atoms with Crippen LogP contribution in [0.3, 0.4) is 0 Å². The molecular weight excluding hydrogens is 254 g/mol. The molecule has 0 aliphatic carbocycles. The van der Waals surface area contributed by atoms with Crippen LogP contribution < -0.4 is 16.4 Å². The summed E-state index contributed by atoms with van der Waals surface area (Å²) in [7, 11) is 3.68. The molecular formula is C14H19N5O.